The van der Waals surface area contributed by atoms with Gasteiger partial charge in [0.25, 0.3) is 5.91 Å². The Bertz CT molecular complexity index is 1080. The number of nitrogens with one attached hydrogen (secondary N) is 2. The molecule has 0 aliphatic carbocycles. The van der Waals surface area contributed by atoms with Crippen LogP contribution < -0.4 is 16.4 Å². The Hall–Kier alpha value is -3.42. The molecule has 4 rings (SSSR count). The minimum atomic E-state index is -0.314. The lowest BCUT2D eigenvalue weighted by Gasteiger charge is -2.26. The summed E-state index contributed by atoms with van der Waals surface area (Å²) >= 11 is 0. The summed E-state index contributed by atoms with van der Waals surface area (Å²) in [5.41, 5.74) is 9.57. The third-order valence-corrected chi connectivity index (χ3v) is 5.31. The average Bonchev–Trinajstić information content (AvgIpc) is 3.20. The lowest BCUT2D eigenvalue weighted by atomic mass is 10.1. The number of carbonyl (C=O) groups is 1. The molecule has 7 heteroatoms. The maximum absolute atomic E-state index is 12.6. The Morgan fingerprint density at radius 3 is 2.77 bits per heavy atom. The van der Waals surface area contributed by atoms with Crippen molar-refractivity contribution in [2.75, 3.05) is 31.5 Å². The van der Waals surface area contributed by atoms with E-state index >= 15 is 0 Å². The maximum atomic E-state index is 12.6. The number of hydrogen-bond donors (Lipinski definition) is 3. The topological polar surface area (TPSA) is 95.9 Å². The summed E-state index contributed by atoms with van der Waals surface area (Å²) in [6.07, 6.45) is 4.57. The van der Waals surface area contributed by atoms with Crippen LogP contribution in [-0.4, -0.2) is 43.2 Å². The molecule has 1 aromatic heterocycles. The fourth-order valence-electron chi connectivity index (χ4n) is 3.61. The minimum absolute atomic E-state index is 0.301. The zero-order valence-electron chi connectivity index (χ0n) is 17.4. The van der Waals surface area contributed by atoms with Gasteiger partial charge in [-0.25, -0.2) is 0 Å². The number of carbonyl (C=O) groups excluding carboxylic acids is 1. The van der Waals surface area contributed by atoms with Crippen molar-refractivity contribution in [2.24, 2.45) is 10.7 Å². The first-order valence-electron chi connectivity index (χ1n) is 10.4. The molecule has 160 valence electrons. The number of nitrogens with two attached hydrogens (primary N) is 1. The largest absolute Gasteiger partial charge is 0.464 e. The lowest BCUT2D eigenvalue weighted by molar-refractivity contribution is -0.112. The number of hydrogen-bond acceptors (Lipinski definition) is 6. The van der Waals surface area contributed by atoms with Gasteiger partial charge in [-0.1, -0.05) is 30.3 Å². The normalized spacial score (nSPS) is 15.5. The summed E-state index contributed by atoms with van der Waals surface area (Å²) in [6, 6.07) is 15.5. The highest BCUT2D eigenvalue weighted by molar-refractivity contribution is 6.17. The second-order valence-electron chi connectivity index (χ2n) is 7.53. The first kappa shape index (κ1) is 20.8. The van der Waals surface area contributed by atoms with Crippen molar-refractivity contribution in [1.29, 1.82) is 0 Å². The Morgan fingerprint density at radius 2 is 2.00 bits per heavy atom. The monoisotopic (exact) mass is 417 g/mol. The Kier molecular flexibility index (Phi) is 6.76. The highest BCUT2D eigenvalue weighted by Crippen LogP contribution is 2.26. The predicted molar refractivity (Wildman–Crippen MR) is 124 cm³/mol. The van der Waals surface area contributed by atoms with Crippen molar-refractivity contribution >= 4 is 28.8 Å². The summed E-state index contributed by atoms with van der Waals surface area (Å²) in [4.78, 5) is 19.3. The smallest absolute Gasteiger partial charge is 0.258 e. The number of aliphatic imine (C=N–C) groups is 1. The van der Waals surface area contributed by atoms with E-state index in [-0.39, 0.29) is 5.91 Å². The first-order valence-corrected chi connectivity index (χ1v) is 10.4. The molecular weight excluding hydrogens is 390 g/mol. The van der Waals surface area contributed by atoms with Crippen molar-refractivity contribution in [2.45, 2.75) is 13.1 Å². The molecule has 1 aliphatic heterocycles. The molecule has 4 N–H and O–H groups in total. The summed E-state index contributed by atoms with van der Waals surface area (Å²) in [5, 5.41) is 7.30. The van der Waals surface area contributed by atoms with Gasteiger partial charge in [0, 0.05) is 67.8 Å². The number of benzene rings is 2. The summed E-state index contributed by atoms with van der Waals surface area (Å²) in [7, 11) is 0. The van der Waals surface area contributed by atoms with E-state index in [0.717, 1.165) is 54.8 Å². The molecule has 0 unspecified atom stereocenters. The first-order chi connectivity index (χ1) is 15.2. The molecule has 2 aromatic carbocycles. The number of rotatable bonds is 7. The van der Waals surface area contributed by atoms with E-state index < -0.39 is 0 Å². The zero-order chi connectivity index (χ0) is 21.5. The van der Waals surface area contributed by atoms with Crippen LogP contribution in [0.4, 0.5) is 5.69 Å². The number of amides is 1. The molecule has 0 atom stereocenters. The Morgan fingerprint density at radius 1 is 1.19 bits per heavy atom. The van der Waals surface area contributed by atoms with Gasteiger partial charge in [-0.15, -0.1) is 0 Å². The van der Waals surface area contributed by atoms with Crippen molar-refractivity contribution in [3.63, 3.8) is 0 Å². The van der Waals surface area contributed by atoms with Crippen LogP contribution in [-0.2, 0) is 17.9 Å². The summed E-state index contributed by atoms with van der Waals surface area (Å²) in [5.74, 6) is -0.314. The molecule has 0 saturated carbocycles. The van der Waals surface area contributed by atoms with Crippen molar-refractivity contribution in [3.05, 3.63) is 77.7 Å². The fraction of sp³-hybridized carbons (Fsp3) is 0.250. The van der Waals surface area contributed by atoms with Crippen LogP contribution in [0.2, 0.25) is 0 Å². The number of fused-ring (bicyclic) bond motifs is 1. The number of anilines is 1. The number of nitrogens with zero attached hydrogens (tertiary/aromatic N) is 2. The van der Waals surface area contributed by atoms with E-state index in [1.165, 1.54) is 12.4 Å². The van der Waals surface area contributed by atoms with Gasteiger partial charge in [-0.3, -0.25) is 14.7 Å². The molecular formula is C24H27N5O2. The molecule has 31 heavy (non-hydrogen) atoms. The van der Waals surface area contributed by atoms with Gasteiger partial charge in [0.05, 0.1) is 18.4 Å². The van der Waals surface area contributed by atoms with Gasteiger partial charge < -0.3 is 20.8 Å². The van der Waals surface area contributed by atoms with E-state index in [9.17, 15) is 4.79 Å². The van der Waals surface area contributed by atoms with Gasteiger partial charge in [-0.2, -0.15) is 0 Å². The highest BCUT2D eigenvalue weighted by atomic mass is 16.3. The number of furan rings is 1. The van der Waals surface area contributed by atoms with Gasteiger partial charge in [-0.05, 0) is 17.7 Å². The van der Waals surface area contributed by atoms with Gasteiger partial charge in [0.1, 0.15) is 5.58 Å². The standard InChI is InChI=1S/C24H27N5O2/c25-13-19(15-27-14-18-4-2-1-3-5-18)24(30)28-21-6-7-22-20(17-31-23(22)12-21)16-29-10-8-26-9-11-29/h1-7,12-13,15,17,26H,8-11,14,16,25H2,(H,28,30). The van der Waals surface area contributed by atoms with E-state index in [4.69, 9.17) is 10.2 Å². The second kappa shape index (κ2) is 10.1. The Labute approximate surface area is 181 Å². The lowest BCUT2D eigenvalue weighted by Crippen LogP contribution is -2.42. The van der Waals surface area contributed by atoms with Gasteiger partial charge >= 0.3 is 0 Å². The van der Waals surface area contributed by atoms with Crippen molar-refractivity contribution < 1.29 is 9.21 Å². The van der Waals surface area contributed by atoms with E-state index in [2.05, 4.69) is 20.5 Å². The van der Waals surface area contributed by atoms with Gasteiger partial charge in [0.15, 0.2) is 0 Å². The van der Waals surface area contributed by atoms with Crippen LogP contribution in [0.25, 0.3) is 11.0 Å². The van der Waals surface area contributed by atoms with Crippen molar-refractivity contribution in [1.82, 2.24) is 10.2 Å². The van der Waals surface area contributed by atoms with Crippen LogP contribution in [0.1, 0.15) is 11.1 Å². The highest BCUT2D eigenvalue weighted by Gasteiger charge is 2.14. The zero-order valence-corrected chi connectivity index (χ0v) is 17.4. The molecule has 3 aromatic rings. The molecule has 1 aliphatic rings. The van der Waals surface area contributed by atoms with Crippen LogP contribution in [0.5, 0.6) is 0 Å². The fourth-order valence-corrected chi connectivity index (χ4v) is 3.61. The average molecular weight is 418 g/mol. The maximum Gasteiger partial charge on any atom is 0.258 e. The van der Waals surface area contributed by atoms with E-state index in [0.29, 0.717) is 17.8 Å². The van der Waals surface area contributed by atoms with E-state index in [1.54, 1.807) is 6.26 Å². The SMILES string of the molecule is NC=C(C=NCc1ccccc1)C(=O)Nc1ccc2c(CN3CCNCC3)coc2c1. The molecule has 1 fully saturated rings. The third kappa shape index (κ3) is 5.39. The molecule has 1 amide bonds. The van der Waals surface area contributed by atoms with Crippen LogP contribution >= 0.6 is 0 Å². The van der Waals surface area contributed by atoms with Gasteiger partial charge in [0.2, 0.25) is 0 Å². The second-order valence-corrected chi connectivity index (χ2v) is 7.53. The molecule has 0 radical (unpaired) electrons. The summed E-state index contributed by atoms with van der Waals surface area (Å²) < 4.78 is 5.75. The minimum Gasteiger partial charge on any atom is -0.464 e. The predicted octanol–water partition coefficient (Wildman–Crippen LogP) is 2.89. The van der Waals surface area contributed by atoms with E-state index in [1.807, 2.05) is 48.5 Å². The quantitative estimate of drug-likeness (QED) is 0.406. The summed E-state index contributed by atoms with van der Waals surface area (Å²) in [6.45, 7) is 5.43. The van der Waals surface area contributed by atoms with Crippen LogP contribution in [0.3, 0.4) is 0 Å². The molecule has 7 nitrogen and oxygen atoms in total. The molecule has 1 saturated heterocycles. The van der Waals surface area contributed by atoms with Crippen LogP contribution in [0.15, 0.2) is 76.0 Å². The molecule has 0 spiro atoms. The Balaban J connectivity index is 1.39. The molecule has 2 heterocycles. The number of piperazine rings is 1. The molecule has 0 bridgehead atoms. The van der Waals surface area contributed by atoms with Crippen LogP contribution in [0, 0.1) is 0 Å². The van der Waals surface area contributed by atoms with Crippen molar-refractivity contribution in [3.8, 4) is 0 Å². The third-order valence-electron chi connectivity index (χ3n) is 5.31.